The number of hydrogen-bond acceptors (Lipinski definition) is 3. The lowest BCUT2D eigenvalue weighted by Gasteiger charge is -2.10. The first-order chi connectivity index (χ1) is 14.0. The SMILES string of the molecule is CCCCNC(=O)Oc1ccc(-c2ccc(=O)n(Cc3ccc(Cl)cc3)c2)cc1. The van der Waals surface area contributed by atoms with Crippen LogP contribution in [0.3, 0.4) is 0 Å². The molecular formula is C23H23ClN2O3. The minimum Gasteiger partial charge on any atom is -0.410 e. The van der Waals surface area contributed by atoms with E-state index >= 15 is 0 Å². The molecule has 0 aliphatic carbocycles. The summed E-state index contributed by atoms with van der Waals surface area (Å²) in [4.78, 5) is 24.0. The van der Waals surface area contributed by atoms with Crippen LogP contribution in [-0.2, 0) is 6.54 Å². The van der Waals surface area contributed by atoms with Crippen molar-refractivity contribution < 1.29 is 9.53 Å². The minimum absolute atomic E-state index is 0.0765. The Morgan fingerprint density at radius 3 is 2.38 bits per heavy atom. The Bertz CT molecular complexity index is 1010. The van der Waals surface area contributed by atoms with Crippen molar-refractivity contribution in [1.82, 2.24) is 9.88 Å². The number of carbonyl (C=O) groups excluding carboxylic acids is 1. The predicted molar refractivity (Wildman–Crippen MR) is 116 cm³/mol. The second-order valence-electron chi connectivity index (χ2n) is 6.70. The highest BCUT2D eigenvalue weighted by Gasteiger charge is 2.06. The smallest absolute Gasteiger partial charge is 0.410 e. The average Bonchev–Trinajstić information content (AvgIpc) is 2.72. The lowest BCUT2D eigenvalue weighted by molar-refractivity contribution is 0.200. The zero-order chi connectivity index (χ0) is 20.6. The normalized spacial score (nSPS) is 10.6. The summed E-state index contributed by atoms with van der Waals surface area (Å²) in [6.07, 6.45) is 3.29. The molecule has 1 N–H and O–H groups in total. The molecule has 0 bridgehead atoms. The Morgan fingerprint density at radius 2 is 1.69 bits per heavy atom. The van der Waals surface area contributed by atoms with Gasteiger partial charge in [-0.3, -0.25) is 4.79 Å². The maximum absolute atomic E-state index is 12.2. The van der Waals surface area contributed by atoms with E-state index in [2.05, 4.69) is 12.2 Å². The van der Waals surface area contributed by atoms with Crippen molar-refractivity contribution >= 4 is 17.7 Å². The van der Waals surface area contributed by atoms with E-state index in [4.69, 9.17) is 16.3 Å². The first kappa shape index (κ1) is 20.7. The van der Waals surface area contributed by atoms with Crippen LogP contribution in [0, 0.1) is 0 Å². The van der Waals surface area contributed by atoms with E-state index in [1.807, 2.05) is 42.6 Å². The first-order valence-corrected chi connectivity index (χ1v) is 9.94. The highest BCUT2D eigenvalue weighted by molar-refractivity contribution is 6.30. The number of unbranched alkanes of at least 4 members (excludes halogenated alkanes) is 1. The van der Waals surface area contributed by atoms with E-state index < -0.39 is 6.09 Å². The van der Waals surface area contributed by atoms with Gasteiger partial charge < -0.3 is 14.6 Å². The van der Waals surface area contributed by atoms with Gasteiger partial charge in [0.25, 0.3) is 5.56 Å². The standard InChI is InChI=1S/C23H23ClN2O3/c1-2-3-14-25-23(28)29-21-11-6-18(7-12-21)19-8-13-22(27)26(16-19)15-17-4-9-20(24)10-5-17/h4-13,16H,2-3,14-15H2,1H3,(H,25,28). The van der Waals surface area contributed by atoms with Crippen LogP contribution in [0.15, 0.2) is 71.7 Å². The molecule has 2 aromatic carbocycles. The minimum atomic E-state index is -0.456. The van der Waals surface area contributed by atoms with Gasteiger partial charge in [-0.05, 0) is 53.4 Å². The monoisotopic (exact) mass is 410 g/mol. The van der Waals surface area contributed by atoms with Gasteiger partial charge in [0.2, 0.25) is 0 Å². The molecule has 0 fully saturated rings. The Kier molecular flexibility index (Phi) is 7.09. The van der Waals surface area contributed by atoms with Crippen LogP contribution in [-0.4, -0.2) is 17.2 Å². The molecule has 0 atom stereocenters. The third kappa shape index (κ3) is 5.96. The highest BCUT2D eigenvalue weighted by atomic mass is 35.5. The van der Waals surface area contributed by atoms with Crippen LogP contribution in [0.2, 0.25) is 5.02 Å². The summed E-state index contributed by atoms with van der Waals surface area (Å²) in [5.41, 5.74) is 2.74. The van der Waals surface area contributed by atoms with E-state index in [9.17, 15) is 9.59 Å². The molecule has 3 rings (SSSR count). The quantitative estimate of drug-likeness (QED) is 0.551. The molecule has 0 aliphatic rings. The number of nitrogens with zero attached hydrogens (tertiary/aromatic N) is 1. The first-order valence-electron chi connectivity index (χ1n) is 9.56. The van der Waals surface area contributed by atoms with Gasteiger partial charge in [-0.15, -0.1) is 0 Å². The molecule has 0 unspecified atom stereocenters. The summed E-state index contributed by atoms with van der Waals surface area (Å²) in [7, 11) is 0. The van der Waals surface area contributed by atoms with Gasteiger partial charge in [0.15, 0.2) is 0 Å². The number of rotatable bonds is 7. The van der Waals surface area contributed by atoms with Crippen molar-refractivity contribution in [2.45, 2.75) is 26.3 Å². The summed E-state index contributed by atoms with van der Waals surface area (Å²) in [6, 6.07) is 18.0. The summed E-state index contributed by atoms with van der Waals surface area (Å²) in [5, 5.41) is 3.37. The third-order valence-electron chi connectivity index (χ3n) is 4.45. The van der Waals surface area contributed by atoms with Crippen LogP contribution in [0.1, 0.15) is 25.3 Å². The number of aromatic nitrogens is 1. The molecule has 3 aromatic rings. The molecule has 1 heterocycles. The van der Waals surface area contributed by atoms with Crippen molar-refractivity contribution in [1.29, 1.82) is 0 Å². The fraction of sp³-hybridized carbons (Fsp3) is 0.217. The highest BCUT2D eigenvalue weighted by Crippen LogP contribution is 2.22. The molecule has 5 nitrogen and oxygen atoms in total. The molecule has 150 valence electrons. The molecule has 0 spiro atoms. The van der Waals surface area contributed by atoms with E-state index in [1.165, 1.54) is 0 Å². The molecule has 0 radical (unpaired) electrons. The Balaban J connectivity index is 1.71. The molecule has 29 heavy (non-hydrogen) atoms. The second-order valence-corrected chi connectivity index (χ2v) is 7.14. The Labute approximate surface area is 174 Å². The van der Waals surface area contributed by atoms with Crippen molar-refractivity contribution in [3.63, 3.8) is 0 Å². The van der Waals surface area contributed by atoms with Crippen LogP contribution in [0.25, 0.3) is 11.1 Å². The van der Waals surface area contributed by atoms with E-state index in [0.717, 1.165) is 29.5 Å². The van der Waals surface area contributed by atoms with Gasteiger partial charge in [-0.2, -0.15) is 0 Å². The summed E-state index contributed by atoms with van der Waals surface area (Å²) in [5.74, 6) is 0.470. The van der Waals surface area contributed by atoms with Crippen molar-refractivity contribution in [2.24, 2.45) is 0 Å². The van der Waals surface area contributed by atoms with Crippen molar-refractivity contribution in [2.75, 3.05) is 6.54 Å². The second kappa shape index (κ2) is 9.94. The number of carbonyl (C=O) groups is 1. The molecule has 6 heteroatoms. The van der Waals surface area contributed by atoms with Gasteiger partial charge in [0.1, 0.15) is 5.75 Å². The van der Waals surface area contributed by atoms with Crippen molar-refractivity contribution in [3.8, 4) is 16.9 Å². The van der Waals surface area contributed by atoms with Crippen LogP contribution in [0.4, 0.5) is 4.79 Å². The van der Waals surface area contributed by atoms with E-state index in [0.29, 0.717) is 23.9 Å². The summed E-state index contributed by atoms with van der Waals surface area (Å²) in [6.45, 7) is 3.12. The maximum atomic E-state index is 12.2. The number of pyridine rings is 1. The zero-order valence-electron chi connectivity index (χ0n) is 16.2. The average molecular weight is 411 g/mol. The zero-order valence-corrected chi connectivity index (χ0v) is 17.0. The lowest BCUT2D eigenvalue weighted by atomic mass is 10.1. The van der Waals surface area contributed by atoms with Crippen LogP contribution in [0.5, 0.6) is 5.75 Å². The topological polar surface area (TPSA) is 60.3 Å². The number of ether oxygens (including phenoxy) is 1. The fourth-order valence-corrected chi connectivity index (χ4v) is 2.96. The molecule has 1 aromatic heterocycles. The van der Waals surface area contributed by atoms with Crippen molar-refractivity contribution in [3.05, 3.63) is 87.8 Å². The molecular weight excluding hydrogens is 388 g/mol. The van der Waals surface area contributed by atoms with Gasteiger partial charge in [-0.25, -0.2) is 4.79 Å². The number of amides is 1. The summed E-state index contributed by atoms with van der Waals surface area (Å²) < 4.78 is 6.92. The number of benzene rings is 2. The van der Waals surface area contributed by atoms with Gasteiger partial charge in [-0.1, -0.05) is 49.2 Å². The number of hydrogen-bond donors (Lipinski definition) is 1. The van der Waals surface area contributed by atoms with Gasteiger partial charge in [0.05, 0.1) is 6.54 Å². The molecule has 0 saturated heterocycles. The third-order valence-corrected chi connectivity index (χ3v) is 4.70. The molecule has 0 saturated carbocycles. The van der Waals surface area contributed by atoms with Crippen LogP contribution < -0.4 is 15.6 Å². The Hall–Kier alpha value is -3.05. The van der Waals surface area contributed by atoms with Crippen LogP contribution >= 0.6 is 11.6 Å². The fourth-order valence-electron chi connectivity index (χ4n) is 2.84. The van der Waals surface area contributed by atoms with E-state index in [1.54, 1.807) is 28.8 Å². The number of halogens is 1. The van der Waals surface area contributed by atoms with Gasteiger partial charge >= 0.3 is 6.09 Å². The lowest BCUT2D eigenvalue weighted by Crippen LogP contribution is -2.27. The van der Waals surface area contributed by atoms with E-state index in [-0.39, 0.29) is 5.56 Å². The Morgan fingerprint density at radius 1 is 1.00 bits per heavy atom. The number of nitrogens with one attached hydrogen (secondary N) is 1. The predicted octanol–water partition coefficient (Wildman–Crippen LogP) is 5.11. The molecule has 0 aliphatic heterocycles. The maximum Gasteiger partial charge on any atom is 0.412 e. The molecule has 1 amide bonds. The summed E-state index contributed by atoms with van der Waals surface area (Å²) >= 11 is 5.92. The largest absolute Gasteiger partial charge is 0.412 e. The van der Waals surface area contributed by atoms with Gasteiger partial charge in [0, 0.05) is 23.8 Å².